The SMILES string of the molecule is COc1cccc(C(=O)CSC(Nc2ccc(F)cc2)=C(C#N)C#N)c1. The number of ether oxygens (including phenoxy) is 1. The lowest BCUT2D eigenvalue weighted by Gasteiger charge is -2.11. The second-order valence-electron chi connectivity index (χ2n) is 5.00. The van der Waals surface area contributed by atoms with Crippen LogP contribution in [-0.4, -0.2) is 18.6 Å². The number of hydrogen-bond acceptors (Lipinski definition) is 6. The number of halogens is 1. The maximum atomic E-state index is 13.0. The molecule has 0 atom stereocenters. The van der Waals surface area contributed by atoms with Crippen molar-refractivity contribution < 1.29 is 13.9 Å². The van der Waals surface area contributed by atoms with Gasteiger partial charge in [-0.3, -0.25) is 4.79 Å². The molecule has 0 aliphatic carbocycles. The maximum Gasteiger partial charge on any atom is 0.173 e. The lowest BCUT2D eigenvalue weighted by atomic mass is 10.1. The minimum atomic E-state index is -0.400. The Morgan fingerprint density at radius 3 is 2.50 bits per heavy atom. The fourth-order valence-corrected chi connectivity index (χ4v) is 2.85. The average molecular weight is 367 g/mol. The summed E-state index contributed by atoms with van der Waals surface area (Å²) in [5.41, 5.74) is 0.817. The fourth-order valence-electron chi connectivity index (χ4n) is 1.98. The van der Waals surface area contributed by atoms with Crippen molar-refractivity contribution in [1.82, 2.24) is 0 Å². The van der Waals surface area contributed by atoms with E-state index >= 15 is 0 Å². The van der Waals surface area contributed by atoms with Gasteiger partial charge in [-0.1, -0.05) is 23.9 Å². The number of thioether (sulfide) groups is 1. The maximum absolute atomic E-state index is 13.0. The first-order valence-corrected chi connectivity index (χ1v) is 8.43. The van der Waals surface area contributed by atoms with Gasteiger partial charge in [0.25, 0.3) is 0 Å². The average Bonchev–Trinajstić information content (AvgIpc) is 2.68. The second kappa shape index (κ2) is 9.26. The summed E-state index contributed by atoms with van der Waals surface area (Å²) in [5.74, 6) is 0.00450. The van der Waals surface area contributed by atoms with E-state index in [-0.39, 0.29) is 22.1 Å². The molecule has 0 spiro atoms. The van der Waals surface area contributed by atoms with Crippen LogP contribution in [0.3, 0.4) is 0 Å². The van der Waals surface area contributed by atoms with Gasteiger partial charge in [0, 0.05) is 11.3 Å². The summed E-state index contributed by atoms with van der Waals surface area (Å²) in [7, 11) is 1.51. The number of ketones is 1. The Bertz CT molecular complexity index is 896. The van der Waals surface area contributed by atoms with Crippen LogP contribution >= 0.6 is 11.8 Å². The molecule has 2 rings (SSSR count). The first-order valence-electron chi connectivity index (χ1n) is 7.44. The molecule has 5 nitrogen and oxygen atoms in total. The molecular weight excluding hydrogens is 353 g/mol. The van der Waals surface area contributed by atoms with Crippen LogP contribution < -0.4 is 10.1 Å². The molecule has 0 aliphatic heterocycles. The van der Waals surface area contributed by atoms with E-state index in [1.165, 1.54) is 31.4 Å². The van der Waals surface area contributed by atoms with Gasteiger partial charge in [-0.2, -0.15) is 10.5 Å². The Labute approximate surface area is 154 Å². The number of nitrogens with one attached hydrogen (secondary N) is 1. The van der Waals surface area contributed by atoms with Crippen LogP contribution in [0.5, 0.6) is 5.75 Å². The molecule has 2 aromatic rings. The summed E-state index contributed by atoms with van der Waals surface area (Å²) in [6.45, 7) is 0. The second-order valence-corrected chi connectivity index (χ2v) is 5.99. The predicted octanol–water partition coefficient (Wildman–Crippen LogP) is 4.12. The summed E-state index contributed by atoms with van der Waals surface area (Å²) in [4.78, 5) is 12.4. The van der Waals surface area contributed by atoms with Crippen molar-refractivity contribution in [3.05, 3.63) is 70.5 Å². The number of carbonyl (C=O) groups excluding carboxylic acids is 1. The Kier molecular flexibility index (Phi) is 6.78. The van der Waals surface area contributed by atoms with Crippen LogP contribution in [0.4, 0.5) is 10.1 Å². The Morgan fingerprint density at radius 2 is 1.88 bits per heavy atom. The van der Waals surface area contributed by atoms with E-state index in [0.29, 0.717) is 17.0 Å². The topological polar surface area (TPSA) is 85.9 Å². The van der Waals surface area contributed by atoms with Crippen LogP contribution in [0.25, 0.3) is 0 Å². The zero-order valence-electron chi connectivity index (χ0n) is 13.8. The lowest BCUT2D eigenvalue weighted by Crippen LogP contribution is -2.07. The van der Waals surface area contributed by atoms with E-state index in [4.69, 9.17) is 15.3 Å². The molecule has 0 radical (unpaired) electrons. The Hall–Kier alpha value is -3.29. The number of anilines is 1. The zero-order chi connectivity index (χ0) is 18.9. The Balaban J connectivity index is 2.16. The first-order chi connectivity index (χ1) is 12.6. The molecule has 0 aliphatic rings. The smallest absolute Gasteiger partial charge is 0.173 e. The van der Waals surface area contributed by atoms with Gasteiger partial charge in [0.1, 0.15) is 28.7 Å². The highest BCUT2D eigenvalue weighted by Gasteiger charge is 2.13. The first kappa shape index (κ1) is 19.0. The Morgan fingerprint density at radius 1 is 1.19 bits per heavy atom. The lowest BCUT2D eigenvalue weighted by molar-refractivity contribution is 0.102. The summed E-state index contributed by atoms with van der Waals surface area (Å²) in [5, 5.41) is 21.4. The minimum absolute atomic E-state index is 0.0174. The normalized spacial score (nSPS) is 9.54. The highest BCUT2D eigenvalue weighted by molar-refractivity contribution is 8.03. The van der Waals surface area contributed by atoms with E-state index in [0.717, 1.165) is 11.8 Å². The summed E-state index contributed by atoms with van der Waals surface area (Å²) < 4.78 is 18.1. The molecule has 130 valence electrons. The van der Waals surface area contributed by atoms with Crippen LogP contribution in [0, 0.1) is 28.5 Å². The molecule has 1 N–H and O–H groups in total. The van der Waals surface area contributed by atoms with Gasteiger partial charge in [-0.05, 0) is 36.4 Å². The van der Waals surface area contributed by atoms with Crippen molar-refractivity contribution in [1.29, 1.82) is 10.5 Å². The van der Waals surface area contributed by atoms with Gasteiger partial charge in [-0.15, -0.1) is 0 Å². The molecule has 0 bridgehead atoms. The van der Waals surface area contributed by atoms with E-state index in [9.17, 15) is 9.18 Å². The van der Waals surface area contributed by atoms with E-state index in [1.54, 1.807) is 36.4 Å². The van der Waals surface area contributed by atoms with Crippen molar-refractivity contribution in [3.63, 3.8) is 0 Å². The van der Waals surface area contributed by atoms with Crippen molar-refractivity contribution in [2.24, 2.45) is 0 Å². The number of methoxy groups -OCH3 is 1. The van der Waals surface area contributed by atoms with Crippen molar-refractivity contribution in [2.75, 3.05) is 18.2 Å². The molecular formula is C19H14FN3O2S. The van der Waals surface area contributed by atoms with E-state index in [1.807, 2.05) is 0 Å². The largest absolute Gasteiger partial charge is 0.497 e. The van der Waals surface area contributed by atoms with Gasteiger partial charge >= 0.3 is 0 Å². The number of rotatable bonds is 7. The van der Waals surface area contributed by atoms with Gasteiger partial charge in [-0.25, -0.2) is 4.39 Å². The summed E-state index contributed by atoms with van der Waals surface area (Å²) >= 11 is 1.03. The number of Topliss-reactive ketones (excluding diaryl/α,β-unsaturated/α-hetero) is 1. The number of nitrogens with zero attached hydrogens (tertiary/aromatic N) is 2. The number of hydrogen-bond donors (Lipinski definition) is 1. The third-order valence-corrected chi connectivity index (χ3v) is 4.29. The number of benzene rings is 2. The molecule has 7 heteroatoms. The van der Waals surface area contributed by atoms with E-state index in [2.05, 4.69) is 5.32 Å². The standard InChI is InChI=1S/C19H14FN3O2S/c1-25-17-4-2-3-13(9-17)18(24)12-26-19(14(10-21)11-22)23-16-7-5-15(20)6-8-16/h2-9,23H,12H2,1H3. The van der Waals surface area contributed by atoms with Crippen LogP contribution in [-0.2, 0) is 0 Å². The predicted molar refractivity (Wildman–Crippen MR) is 98.1 cm³/mol. The van der Waals surface area contributed by atoms with Crippen molar-refractivity contribution >= 4 is 23.2 Å². The molecule has 0 unspecified atom stereocenters. The van der Waals surface area contributed by atoms with E-state index < -0.39 is 5.82 Å². The van der Waals surface area contributed by atoms with Crippen LogP contribution in [0.2, 0.25) is 0 Å². The molecule has 0 amide bonds. The monoisotopic (exact) mass is 367 g/mol. The fraction of sp³-hybridized carbons (Fsp3) is 0.105. The van der Waals surface area contributed by atoms with Gasteiger partial charge in [0.05, 0.1) is 12.9 Å². The quantitative estimate of drug-likeness (QED) is 0.585. The van der Waals surface area contributed by atoms with Crippen LogP contribution in [0.1, 0.15) is 10.4 Å². The number of allylic oxidation sites excluding steroid dienone is 1. The summed E-state index contributed by atoms with van der Waals surface area (Å²) in [6, 6.07) is 15.8. The highest BCUT2D eigenvalue weighted by atomic mass is 32.2. The third-order valence-electron chi connectivity index (χ3n) is 3.29. The van der Waals surface area contributed by atoms with Gasteiger partial charge < -0.3 is 10.1 Å². The minimum Gasteiger partial charge on any atom is -0.497 e. The molecule has 0 heterocycles. The van der Waals surface area contributed by atoms with Crippen molar-refractivity contribution in [2.45, 2.75) is 0 Å². The van der Waals surface area contributed by atoms with Crippen molar-refractivity contribution in [3.8, 4) is 17.9 Å². The molecule has 0 saturated heterocycles. The van der Waals surface area contributed by atoms with Gasteiger partial charge in [0.15, 0.2) is 11.4 Å². The third kappa shape index (κ3) is 5.10. The molecule has 0 saturated carbocycles. The summed E-state index contributed by atoms with van der Waals surface area (Å²) in [6.07, 6.45) is 0. The number of nitriles is 2. The molecule has 26 heavy (non-hydrogen) atoms. The highest BCUT2D eigenvalue weighted by Crippen LogP contribution is 2.24. The zero-order valence-corrected chi connectivity index (χ0v) is 14.6. The van der Waals surface area contributed by atoms with Gasteiger partial charge in [0.2, 0.25) is 0 Å². The number of carbonyl (C=O) groups is 1. The molecule has 0 fully saturated rings. The molecule has 2 aromatic carbocycles. The van der Waals surface area contributed by atoms with Crippen LogP contribution in [0.15, 0.2) is 59.1 Å². The molecule has 0 aromatic heterocycles.